The second kappa shape index (κ2) is 5.48. The van der Waals surface area contributed by atoms with Crippen molar-refractivity contribution in [1.82, 2.24) is 10.6 Å². The van der Waals surface area contributed by atoms with Gasteiger partial charge in [-0.3, -0.25) is 9.59 Å². The zero-order valence-corrected chi connectivity index (χ0v) is 9.29. The standard InChI is InChI=1S/C8H14N2O5S/c11-2-8(3-12,4-13)10-6(14)5-1-16-7(15)9-5/h5,11-13H,1-4H2,(H,9,15)(H,10,14). The molecule has 16 heavy (non-hydrogen) atoms. The van der Waals surface area contributed by atoms with Crippen molar-refractivity contribution in [1.29, 1.82) is 0 Å². The van der Waals surface area contributed by atoms with Crippen LogP contribution >= 0.6 is 11.8 Å². The Labute approximate surface area is 96.2 Å². The Bertz CT molecular complexity index is 273. The molecule has 8 heteroatoms. The van der Waals surface area contributed by atoms with Gasteiger partial charge in [0.15, 0.2) is 0 Å². The van der Waals surface area contributed by atoms with Crippen LogP contribution in [0.15, 0.2) is 0 Å². The van der Waals surface area contributed by atoms with Gasteiger partial charge in [0, 0.05) is 5.75 Å². The van der Waals surface area contributed by atoms with Gasteiger partial charge in [-0.1, -0.05) is 11.8 Å². The number of thioether (sulfide) groups is 1. The smallest absolute Gasteiger partial charge is 0.279 e. The van der Waals surface area contributed by atoms with Crippen LogP contribution < -0.4 is 10.6 Å². The Morgan fingerprint density at radius 2 is 2.00 bits per heavy atom. The molecule has 0 aromatic rings. The fourth-order valence-electron chi connectivity index (χ4n) is 1.14. The maximum absolute atomic E-state index is 11.6. The van der Waals surface area contributed by atoms with E-state index >= 15 is 0 Å². The van der Waals surface area contributed by atoms with Gasteiger partial charge in [0.1, 0.15) is 11.6 Å². The zero-order chi connectivity index (χ0) is 12.2. The molecule has 0 radical (unpaired) electrons. The summed E-state index contributed by atoms with van der Waals surface area (Å²) in [5, 5.41) is 31.4. The zero-order valence-electron chi connectivity index (χ0n) is 8.47. The predicted octanol–water partition coefficient (Wildman–Crippen LogP) is -2.36. The molecule has 2 amide bonds. The summed E-state index contributed by atoms with van der Waals surface area (Å²) in [6.45, 7) is -1.75. The average molecular weight is 250 g/mol. The van der Waals surface area contributed by atoms with Gasteiger partial charge >= 0.3 is 0 Å². The summed E-state index contributed by atoms with van der Waals surface area (Å²) in [5.74, 6) is -0.237. The minimum atomic E-state index is -1.45. The molecule has 1 saturated heterocycles. The molecule has 0 spiro atoms. The highest BCUT2D eigenvalue weighted by Gasteiger charge is 2.35. The Balaban J connectivity index is 2.58. The molecule has 1 aliphatic heterocycles. The van der Waals surface area contributed by atoms with E-state index in [4.69, 9.17) is 15.3 Å². The second-order valence-electron chi connectivity index (χ2n) is 3.54. The number of hydrogen-bond acceptors (Lipinski definition) is 6. The van der Waals surface area contributed by atoms with Crippen LogP contribution in [-0.2, 0) is 4.79 Å². The summed E-state index contributed by atoms with van der Waals surface area (Å²) in [5.41, 5.74) is -1.45. The van der Waals surface area contributed by atoms with E-state index in [1.54, 1.807) is 0 Å². The number of carbonyl (C=O) groups is 2. The monoisotopic (exact) mass is 250 g/mol. The van der Waals surface area contributed by atoms with Gasteiger partial charge in [0.2, 0.25) is 5.91 Å². The first-order valence-electron chi connectivity index (χ1n) is 4.65. The molecule has 1 rings (SSSR count). The lowest BCUT2D eigenvalue weighted by Crippen LogP contribution is -2.60. The summed E-state index contributed by atoms with van der Waals surface area (Å²) in [6.07, 6.45) is 0. The molecule has 5 N–H and O–H groups in total. The first-order chi connectivity index (χ1) is 7.56. The van der Waals surface area contributed by atoms with E-state index in [9.17, 15) is 9.59 Å². The van der Waals surface area contributed by atoms with Crippen LogP contribution in [-0.4, -0.2) is 63.6 Å². The molecule has 0 aromatic carbocycles. The minimum Gasteiger partial charge on any atom is -0.394 e. The number of nitrogens with one attached hydrogen (secondary N) is 2. The molecule has 7 nitrogen and oxygen atoms in total. The third-order valence-corrected chi connectivity index (χ3v) is 3.17. The Morgan fingerprint density at radius 3 is 2.38 bits per heavy atom. The Hall–Kier alpha value is -0.830. The van der Waals surface area contributed by atoms with Crippen molar-refractivity contribution < 1.29 is 24.9 Å². The molecular formula is C8H14N2O5S. The number of aliphatic hydroxyl groups excluding tert-OH is 3. The van der Waals surface area contributed by atoms with E-state index in [1.807, 2.05) is 0 Å². The van der Waals surface area contributed by atoms with Crippen LogP contribution in [0.2, 0.25) is 0 Å². The molecule has 1 fully saturated rings. The first kappa shape index (κ1) is 13.2. The normalized spacial score (nSPS) is 20.7. The molecule has 1 atom stereocenters. The highest BCUT2D eigenvalue weighted by molar-refractivity contribution is 8.14. The SMILES string of the molecule is O=C1NC(C(=O)NC(CO)(CO)CO)CS1. The van der Waals surface area contributed by atoms with Gasteiger partial charge in [-0.2, -0.15) is 0 Å². The van der Waals surface area contributed by atoms with Crippen molar-refractivity contribution >= 4 is 22.9 Å². The highest BCUT2D eigenvalue weighted by Crippen LogP contribution is 2.14. The van der Waals surface area contributed by atoms with Gasteiger partial charge in [-0.05, 0) is 0 Å². The van der Waals surface area contributed by atoms with E-state index in [2.05, 4.69) is 10.6 Å². The van der Waals surface area contributed by atoms with Gasteiger partial charge in [0.25, 0.3) is 5.24 Å². The lowest BCUT2D eigenvalue weighted by Gasteiger charge is -2.29. The Kier molecular flexibility index (Phi) is 4.54. The average Bonchev–Trinajstić information content (AvgIpc) is 2.73. The maximum Gasteiger partial charge on any atom is 0.279 e. The van der Waals surface area contributed by atoms with Crippen molar-refractivity contribution in [3.63, 3.8) is 0 Å². The molecule has 0 bridgehead atoms. The molecule has 0 aromatic heterocycles. The first-order valence-corrected chi connectivity index (χ1v) is 5.63. The number of aliphatic hydroxyl groups is 3. The lowest BCUT2D eigenvalue weighted by atomic mass is 10.0. The van der Waals surface area contributed by atoms with E-state index in [1.165, 1.54) is 0 Å². The number of amides is 2. The summed E-state index contributed by atoms with van der Waals surface area (Å²) >= 11 is 0.984. The number of hydrogen-bond donors (Lipinski definition) is 5. The second-order valence-corrected chi connectivity index (χ2v) is 4.53. The van der Waals surface area contributed by atoms with Crippen molar-refractivity contribution in [3.05, 3.63) is 0 Å². The van der Waals surface area contributed by atoms with Crippen LogP contribution in [0.1, 0.15) is 0 Å². The topological polar surface area (TPSA) is 119 Å². The molecule has 1 unspecified atom stereocenters. The molecular weight excluding hydrogens is 236 g/mol. The number of carbonyl (C=O) groups excluding carboxylic acids is 2. The highest BCUT2D eigenvalue weighted by atomic mass is 32.2. The number of rotatable bonds is 5. The summed E-state index contributed by atoms with van der Waals surface area (Å²) in [6, 6.07) is -0.693. The van der Waals surface area contributed by atoms with Crippen molar-refractivity contribution in [2.45, 2.75) is 11.6 Å². The van der Waals surface area contributed by atoms with Gasteiger partial charge < -0.3 is 26.0 Å². The van der Waals surface area contributed by atoms with Crippen molar-refractivity contribution in [3.8, 4) is 0 Å². The van der Waals surface area contributed by atoms with E-state index in [-0.39, 0.29) is 5.24 Å². The quantitative estimate of drug-likeness (QED) is 0.372. The van der Waals surface area contributed by atoms with Gasteiger partial charge in [0.05, 0.1) is 19.8 Å². The fraction of sp³-hybridized carbons (Fsp3) is 0.750. The minimum absolute atomic E-state index is 0.289. The summed E-state index contributed by atoms with van der Waals surface area (Å²) in [7, 11) is 0. The summed E-state index contributed by atoms with van der Waals surface area (Å²) < 4.78 is 0. The van der Waals surface area contributed by atoms with Crippen molar-refractivity contribution in [2.75, 3.05) is 25.6 Å². The largest absolute Gasteiger partial charge is 0.394 e. The van der Waals surface area contributed by atoms with E-state index in [0.29, 0.717) is 5.75 Å². The van der Waals surface area contributed by atoms with Crippen LogP contribution in [0.25, 0.3) is 0 Å². The van der Waals surface area contributed by atoms with Gasteiger partial charge in [-0.25, -0.2) is 0 Å². The van der Waals surface area contributed by atoms with Crippen LogP contribution in [0, 0.1) is 0 Å². The van der Waals surface area contributed by atoms with Crippen LogP contribution in [0.3, 0.4) is 0 Å². The fourth-order valence-corrected chi connectivity index (χ4v) is 1.92. The molecule has 0 aliphatic carbocycles. The van der Waals surface area contributed by atoms with E-state index < -0.39 is 37.3 Å². The van der Waals surface area contributed by atoms with Crippen molar-refractivity contribution in [2.24, 2.45) is 0 Å². The van der Waals surface area contributed by atoms with Crippen LogP contribution in [0.5, 0.6) is 0 Å². The molecule has 92 valence electrons. The van der Waals surface area contributed by atoms with Crippen LogP contribution in [0.4, 0.5) is 4.79 Å². The molecule has 0 saturated carbocycles. The maximum atomic E-state index is 11.6. The third-order valence-electron chi connectivity index (χ3n) is 2.29. The molecule has 1 aliphatic rings. The predicted molar refractivity (Wildman–Crippen MR) is 56.9 cm³/mol. The third kappa shape index (κ3) is 2.85. The Morgan fingerprint density at radius 1 is 1.44 bits per heavy atom. The summed E-state index contributed by atoms with van der Waals surface area (Å²) in [4.78, 5) is 22.5. The lowest BCUT2D eigenvalue weighted by molar-refractivity contribution is -0.126. The molecule has 1 heterocycles. The van der Waals surface area contributed by atoms with E-state index in [0.717, 1.165) is 11.8 Å². The van der Waals surface area contributed by atoms with Gasteiger partial charge in [-0.15, -0.1) is 0 Å².